The van der Waals surface area contributed by atoms with Crippen LogP contribution in [0.5, 0.6) is 0 Å². The third-order valence-electron chi connectivity index (χ3n) is 10.2. The first-order chi connectivity index (χ1) is 14.1. The molecule has 166 valence electrons. The molecule has 3 nitrogen and oxygen atoms in total. The lowest BCUT2D eigenvalue weighted by molar-refractivity contribution is -0.891. The lowest BCUT2D eigenvalue weighted by Gasteiger charge is -2.57. The zero-order valence-electron chi connectivity index (χ0n) is 19.9. The van der Waals surface area contributed by atoms with Gasteiger partial charge in [-0.05, 0) is 67.8 Å². The van der Waals surface area contributed by atoms with E-state index in [0.29, 0.717) is 23.7 Å². The average Bonchev–Trinajstić information content (AvgIpc) is 3.23. The number of piperidine rings is 1. The molecule has 0 spiro atoms. The van der Waals surface area contributed by atoms with E-state index in [4.69, 9.17) is 4.74 Å². The minimum Gasteiger partial charge on any atom is -0.455 e. The summed E-state index contributed by atoms with van der Waals surface area (Å²) in [5.41, 5.74) is 3.08. The number of hydrogen-bond acceptors (Lipinski definition) is 2. The summed E-state index contributed by atoms with van der Waals surface area (Å²) in [7, 11) is 2.34. The van der Waals surface area contributed by atoms with Gasteiger partial charge in [0.05, 0.1) is 31.5 Å². The predicted octanol–water partition coefficient (Wildman–Crippen LogP) is 5.51. The van der Waals surface area contributed by atoms with E-state index in [0.717, 1.165) is 30.3 Å². The number of nitrogens with zero attached hydrogens (tertiary/aromatic N) is 1. The van der Waals surface area contributed by atoms with E-state index in [1.807, 2.05) is 0 Å². The van der Waals surface area contributed by atoms with E-state index in [-0.39, 0.29) is 22.9 Å². The number of hydrogen-bond donors (Lipinski definition) is 0. The van der Waals surface area contributed by atoms with Gasteiger partial charge in [0.25, 0.3) is 0 Å². The Bertz CT molecular complexity index is 797. The molecule has 30 heavy (non-hydrogen) atoms. The van der Waals surface area contributed by atoms with Crippen LogP contribution >= 0.6 is 0 Å². The highest BCUT2D eigenvalue weighted by Gasteiger charge is 2.59. The third kappa shape index (κ3) is 3.05. The van der Waals surface area contributed by atoms with Gasteiger partial charge in [-0.3, -0.25) is 4.79 Å². The molecule has 2 heterocycles. The van der Waals surface area contributed by atoms with E-state index < -0.39 is 0 Å². The van der Waals surface area contributed by atoms with Crippen LogP contribution in [0.3, 0.4) is 0 Å². The molecule has 5 rings (SSSR count). The monoisotopic (exact) mass is 412 g/mol. The summed E-state index contributed by atoms with van der Waals surface area (Å²) in [6.07, 6.45) is 13.3. The molecule has 3 heteroatoms. The van der Waals surface area contributed by atoms with Crippen molar-refractivity contribution in [1.82, 2.24) is 0 Å². The van der Waals surface area contributed by atoms with Crippen LogP contribution in [0.4, 0.5) is 0 Å². The molecule has 5 aliphatic rings. The van der Waals surface area contributed by atoms with Crippen molar-refractivity contribution in [2.75, 3.05) is 26.7 Å². The van der Waals surface area contributed by atoms with Crippen LogP contribution in [0.1, 0.15) is 72.6 Å². The van der Waals surface area contributed by atoms with Gasteiger partial charge in [-0.1, -0.05) is 44.9 Å². The first kappa shape index (κ1) is 20.8. The molecule has 1 saturated carbocycles. The minimum atomic E-state index is -0.327. The first-order valence-electron chi connectivity index (χ1n) is 12.6. The van der Waals surface area contributed by atoms with Crippen LogP contribution < -0.4 is 0 Å². The quantitative estimate of drug-likeness (QED) is 0.451. The largest absolute Gasteiger partial charge is 0.455 e. The molecular weight excluding hydrogens is 370 g/mol. The normalized spacial score (nSPS) is 47.4. The maximum atomic E-state index is 13.7. The molecule has 0 aromatic carbocycles. The summed E-state index contributed by atoms with van der Waals surface area (Å²) in [5, 5.41) is 0. The predicted molar refractivity (Wildman–Crippen MR) is 121 cm³/mol. The first-order valence-corrected chi connectivity index (χ1v) is 12.6. The molecule has 0 N–H and O–H groups in total. The number of ether oxygens (including phenoxy) is 1. The fourth-order valence-electron chi connectivity index (χ4n) is 8.27. The van der Waals surface area contributed by atoms with Crippen LogP contribution in [-0.4, -0.2) is 43.2 Å². The highest BCUT2D eigenvalue weighted by atomic mass is 16.5. The van der Waals surface area contributed by atoms with Crippen LogP contribution in [0.25, 0.3) is 0 Å². The van der Waals surface area contributed by atoms with E-state index in [2.05, 4.69) is 46.9 Å². The molecule has 2 aliphatic heterocycles. The highest BCUT2D eigenvalue weighted by Crippen LogP contribution is 2.62. The lowest BCUT2D eigenvalue weighted by Crippen LogP contribution is -2.54. The molecule has 0 radical (unpaired) electrons. The molecule has 3 fully saturated rings. The van der Waals surface area contributed by atoms with Crippen LogP contribution in [-0.2, 0) is 9.53 Å². The second-order valence-corrected chi connectivity index (χ2v) is 12.4. The average molecular weight is 413 g/mol. The van der Waals surface area contributed by atoms with Crippen LogP contribution in [0, 0.1) is 34.5 Å². The molecular formula is C27H42NO2+. The topological polar surface area (TPSA) is 26.3 Å². The summed E-state index contributed by atoms with van der Waals surface area (Å²) < 4.78 is 7.45. The summed E-state index contributed by atoms with van der Waals surface area (Å²) in [6, 6.07) is 0. The van der Waals surface area contributed by atoms with Crippen molar-refractivity contribution < 1.29 is 14.0 Å². The molecule has 0 aromatic heterocycles. The second kappa shape index (κ2) is 6.95. The van der Waals surface area contributed by atoms with E-state index >= 15 is 0 Å². The Labute approximate surface area is 183 Å². The molecule has 3 aliphatic carbocycles. The van der Waals surface area contributed by atoms with Gasteiger partial charge in [0.1, 0.15) is 6.54 Å². The fraction of sp³-hybridized carbons (Fsp3) is 0.815. The van der Waals surface area contributed by atoms with Gasteiger partial charge in [0, 0.05) is 6.42 Å². The van der Waals surface area contributed by atoms with Crippen molar-refractivity contribution in [3.63, 3.8) is 0 Å². The van der Waals surface area contributed by atoms with Crippen LogP contribution in [0.2, 0.25) is 0 Å². The maximum Gasteiger partial charge on any atom is 0.312 e. The summed E-state index contributed by atoms with van der Waals surface area (Å²) >= 11 is 0. The SMILES string of the molecule is CC(C)C1=CC2=CCC3C(C)(C(=O)OC4C[N+]5(C)CCC4C5)CCCC3(C)C2CC1. The van der Waals surface area contributed by atoms with E-state index in [1.54, 1.807) is 11.1 Å². The van der Waals surface area contributed by atoms with Gasteiger partial charge >= 0.3 is 5.97 Å². The maximum absolute atomic E-state index is 13.7. The summed E-state index contributed by atoms with van der Waals surface area (Å²) in [6.45, 7) is 12.9. The number of quaternary nitrogens is 1. The number of allylic oxidation sites excluding steroid dienone is 4. The zero-order valence-corrected chi connectivity index (χ0v) is 19.9. The summed E-state index contributed by atoms with van der Waals surface area (Å²) in [5.74, 6) is 2.39. The Morgan fingerprint density at radius 2 is 2.00 bits per heavy atom. The highest BCUT2D eigenvalue weighted by molar-refractivity contribution is 5.77. The molecule has 0 amide bonds. The molecule has 7 atom stereocenters. The Morgan fingerprint density at radius 3 is 2.67 bits per heavy atom. The van der Waals surface area contributed by atoms with Gasteiger partial charge in [0.2, 0.25) is 0 Å². The van der Waals surface area contributed by atoms with Crippen molar-refractivity contribution in [3.05, 3.63) is 23.3 Å². The number of carbonyl (C=O) groups excluding carboxylic acids is 1. The Morgan fingerprint density at radius 1 is 1.20 bits per heavy atom. The van der Waals surface area contributed by atoms with E-state index in [9.17, 15) is 4.79 Å². The Balaban J connectivity index is 1.39. The van der Waals surface area contributed by atoms with Crippen molar-refractivity contribution in [3.8, 4) is 0 Å². The molecule has 0 aromatic rings. The zero-order chi connectivity index (χ0) is 21.3. The van der Waals surface area contributed by atoms with Crippen molar-refractivity contribution in [2.45, 2.75) is 78.7 Å². The van der Waals surface area contributed by atoms with Crippen LogP contribution in [0.15, 0.2) is 23.3 Å². The fourth-order valence-corrected chi connectivity index (χ4v) is 8.27. The van der Waals surface area contributed by atoms with Gasteiger partial charge in [-0.25, -0.2) is 0 Å². The number of esters is 1. The Hall–Kier alpha value is -1.09. The van der Waals surface area contributed by atoms with Crippen molar-refractivity contribution in [1.29, 1.82) is 0 Å². The van der Waals surface area contributed by atoms with Gasteiger partial charge in [-0.2, -0.15) is 0 Å². The standard InChI is InChI=1S/C27H42NO2/c1-18(2)19-7-9-22-20(15-19)8-10-24-26(22,3)12-6-13-27(24,4)25(29)30-23-17-28(5)14-11-21(23)16-28/h8,15,18,21-24H,6-7,9-14,16-17H2,1-5H3/q+1. The van der Waals surface area contributed by atoms with Crippen molar-refractivity contribution in [2.24, 2.45) is 34.5 Å². The molecule has 2 saturated heterocycles. The van der Waals surface area contributed by atoms with E-state index in [1.165, 1.54) is 38.8 Å². The smallest absolute Gasteiger partial charge is 0.312 e. The second-order valence-electron chi connectivity index (χ2n) is 12.4. The number of likely N-dealkylation sites (N-methyl/N-ethyl adjacent to an activating group) is 1. The number of fused-ring (bicyclic) bond motifs is 5. The third-order valence-corrected chi connectivity index (χ3v) is 10.2. The molecule has 2 bridgehead atoms. The van der Waals surface area contributed by atoms with Crippen molar-refractivity contribution >= 4 is 5.97 Å². The van der Waals surface area contributed by atoms with Gasteiger partial charge < -0.3 is 9.22 Å². The minimum absolute atomic E-state index is 0.120. The lowest BCUT2D eigenvalue weighted by atomic mass is 9.47. The summed E-state index contributed by atoms with van der Waals surface area (Å²) in [4.78, 5) is 13.7. The Kier molecular flexibility index (Phi) is 4.82. The molecule has 7 unspecified atom stereocenters. The van der Waals surface area contributed by atoms with Gasteiger partial charge in [0.15, 0.2) is 6.10 Å². The number of carbonyl (C=O) groups is 1. The van der Waals surface area contributed by atoms with Gasteiger partial charge in [-0.15, -0.1) is 0 Å². The number of rotatable bonds is 3.